The number of rotatable bonds is 5. The third-order valence-electron chi connectivity index (χ3n) is 5.12. The van der Waals surface area contributed by atoms with Crippen molar-refractivity contribution in [2.24, 2.45) is 0 Å². The number of amides is 2. The van der Waals surface area contributed by atoms with Crippen molar-refractivity contribution in [1.82, 2.24) is 5.32 Å². The highest BCUT2D eigenvalue weighted by atomic mass is 16.5. The van der Waals surface area contributed by atoms with Crippen LogP contribution in [0.3, 0.4) is 0 Å². The largest absolute Gasteiger partial charge is 0.497 e. The molecular formula is C24H22N2O3. The van der Waals surface area contributed by atoms with Gasteiger partial charge in [0.2, 0.25) is 5.91 Å². The number of carbonyl (C=O) groups is 2. The molecule has 0 unspecified atom stereocenters. The van der Waals surface area contributed by atoms with Crippen molar-refractivity contribution in [1.29, 1.82) is 0 Å². The molecule has 1 aliphatic heterocycles. The van der Waals surface area contributed by atoms with Crippen molar-refractivity contribution in [3.63, 3.8) is 0 Å². The molecule has 1 N–H and O–H groups in total. The van der Waals surface area contributed by atoms with Crippen LogP contribution in [-0.2, 0) is 17.8 Å². The molecule has 0 aromatic heterocycles. The standard InChI is InChI=1S/C24H22N2O3/c1-29-20-12-7-8-17(14-20)16-25-23(27)22-15-19-11-5-6-13-21(19)26(22)24(28)18-9-3-2-4-10-18/h2-14,22H,15-16H2,1H3,(H,25,27)/t22-/m1/s1. The predicted molar refractivity (Wildman–Crippen MR) is 112 cm³/mol. The Kier molecular flexibility index (Phi) is 5.29. The second kappa shape index (κ2) is 8.19. The fourth-order valence-electron chi connectivity index (χ4n) is 3.66. The quantitative estimate of drug-likeness (QED) is 0.729. The van der Waals surface area contributed by atoms with Crippen molar-refractivity contribution >= 4 is 17.5 Å². The van der Waals surface area contributed by atoms with E-state index in [0.717, 1.165) is 22.6 Å². The van der Waals surface area contributed by atoms with Crippen LogP contribution in [-0.4, -0.2) is 25.0 Å². The molecule has 0 saturated heterocycles. The van der Waals surface area contributed by atoms with E-state index in [2.05, 4.69) is 5.32 Å². The minimum Gasteiger partial charge on any atom is -0.497 e. The second-order valence-corrected chi connectivity index (χ2v) is 6.96. The molecule has 2 amide bonds. The Hall–Kier alpha value is -3.60. The van der Waals surface area contributed by atoms with E-state index >= 15 is 0 Å². The van der Waals surface area contributed by atoms with Gasteiger partial charge in [-0.15, -0.1) is 0 Å². The first kappa shape index (κ1) is 18.7. The Labute approximate surface area is 169 Å². The predicted octanol–water partition coefficient (Wildman–Crippen LogP) is 3.58. The second-order valence-electron chi connectivity index (χ2n) is 6.96. The highest BCUT2D eigenvalue weighted by Crippen LogP contribution is 2.33. The number of carbonyl (C=O) groups excluding carboxylic acids is 2. The van der Waals surface area contributed by atoms with E-state index in [1.807, 2.05) is 66.7 Å². The summed E-state index contributed by atoms with van der Waals surface area (Å²) >= 11 is 0. The average Bonchev–Trinajstić information content (AvgIpc) is 3.17. The van der Waals surface area contributed by atoms with Crippen molar-refractivity contribution in [3.05, 3.63) is 95.6 Å². The first-order valence-electron chi connectivity index (χ1n) is 9.54. The first-order chi connectivity index (χ1) is 14.2. The highest BCUT2D eigenvalue weighted by molar-refractivity contribution is 6.11. The lowest BCUT2D eigenvalue weighted by molar-refractivity contribution is -0.122. The zero-order chi connectivity index (χ0) is 20.2. The maximum Gasteiger partial charge on any atom is 0.259 e. The number of ether oxygens (including phenoxy) is 1. The molecule has 29 heavy (non-hydrogen) atoms. The van der Waals surface area contributed by atoms with Crippen LogP contribution in [0.1, 0.15) is 21.5 Å². The highest BCUT2D eigenvalue weighted by Gasteiger charge is 2.38. The Morgan fingerprint density at radius 1 is 1.00 bits per heavy atom. The molecule has 3 aromatic carbocycles. The molecule has 0 aliphatic carbocycles. The first-order valence-corrected chi connectivity index (χ1v) is 9.54. The molecule has 3 aromatic rings. The third kappa shape index (κ3) is 3.85. The summed E-state index contributed by atoms with van der Waals surface area (Å²) in [5.41, 5.74) is 3.30. The lowest BCUT2D eigenvalue weighted by atomic mass is 10.1. The molecule has 5 heteroatoms. The Balaban J connectivity index is 1.56. The van der Waals surface area contributed by atoms with Crippen LogP contribution >= 0.6 is 0 Å². The van der Waals surface area contributed by atoms with Gasteiger partial charge in [0.1, 0.15) is 11.8 Å². The number of fused-ring (bicyclic) bond motifs is 1. The molecule has 1 heterocycles. The zero-order valence-electron chi connectivity index (χ0n) is 16.2. The Bertz CT molecular complexity index is 1030. The van der Waals surface area contributed by atoms with Crippen molar-refractivity contribution in [2.45, 2.75) is 19.0 Å². The molecular weight excluding hydrogens is 364 g/mol. The lowest BCUT2D eigenvalue weighted by Crippen LogP contribution is -2.48. The van der Waals surface area contributed by atoms with Crippen LogP contribution in [0.2, 0.25) is 0 Å². The van der Waals surface area contributed by atoms with Gasteiger partial charge in [0.05, 0.1) is 7.11 Å². The molecule has 5 nitrogen and oxygen atoms in total. The average molecular weight is 386 g/mol. The van der Waals surface area contributed by atoms with Crippen LogP contribution in [0.4, 0.5) is 5.69 Å². The van der Waals surface area contributed by atoms with Crippen LogP contribution in [0, 0.1) is 0 Å². The van der Waals surface area contributed by atoms with E-state index in [9.17, 15) is 9.59 Å². The summed E-state index contributed by atoms with van der Waals surface area (Å²) in [6.45, 7) is 0.371. The third-order valence-corrected chi connectivity index (χ3v) is 5.12. The fraction of sp³-hybridized carbons (Fsp3) is 0.167. The van der Waals surface area contributed by atoms with Gasteiger partial charge in [0, 0.05) is 24.2 Å². The van der Waals surface area contributed by atoms with Crippen LogP contribution in [0.25, 0.3) is 0 Å². The maximum absolute atomic E-state index is 13.2. The molecule has 0 radical (unpaired) electrons. The summed E-state index contributed by atoms with van der Waals surface area (Å²) in [7, 11) is 1.61. The maximum atomic E-state index is 13.2. The minimum atomic E-state index is -0.578. The molecule has 1 atom stereocenters. The monoisotopic (exact) mass is 386 g/mol. The van der Waals surface area contributed by atoms with Gasteiger partial charge >= 0.3 is 0 Å². The van der Waals surface area contributed by atoms with Gasteiger partial charge in [-0.2, -0.15) is 0 Å². The topological polar surface area (TPSA) is 58.6 Å². The molecule has 0 saturated carbocycles. The fourth-order valence-corrected chi connectivity index (χ4v) is 3.66. The van der Waals surface area contributed by atoms with E-state index in [1.54, 1.807) is 24.1 Å². The SMILES string of the molecule is COc1cccc(CNC(=O)[C@H]2Cc3ccccc3N2C(=O)c2ccccc2)c1. The molecule has 0 spiro atoms. The molecule has 0 bridgehead atoms. The molecule has 0 fully saturated rings. The van der Waals surface area contributed by atoms with Gasteiger partial charge < -0.3 is 10.1 Å². The van der Waals surface area contributed by atoms with Crippen molar-refractivity contribution in [2.75, 3.05) is 12.0 Å². The normalized spacial score (nSPS) is 14.9. The van der Waals surface area contributed by atoms with Crippen LogP contribution in [0.15, 0.2) is 78.9 Å². The molecule has 146 valence electrons. The van der Waals surface area contributed by atoms with Crippen molar-refractivity contribution < 1.29 is 14.3 Å². The van der Waals surface area contributed by atoms with Crippen LogP contribution < -0.4 is 15.0 Å². The van der Waals surface area contributed by atoms with Gasteiger partial charge in [-0.05, 0) is 41.5 Å². The van der Waals surface area contributed by atoms with E-state index in [4.69, 9.17) is 4.74 Å². The van der Waals surface area contributed by atoms with E-state index in [1.165, 1.54) is 0 Å². The summed E-state index contributed by atoms with van der Waals surface area (Å²) < 4.78 is 5.24. The minimum absolute atomic E-state index is 0.169. The number of hydrogen-bond acceptors (Lipinski definition) is 3. The van der Waals surface area contributed by atoms with Gasteiger partial charge in [-0.3, -0.25) is 14.5 Å². The summed E-state index contributed by atoms with van der Waals surface area (Å²) in [6.07, 6.45) is 0.499. The number of anilines is 1. The summed E-state index contributed by atoms with van der Waals surface area (Å²) in [6, 6.07) is 23.7. The number of nitrogens with one attached hydrogen (secondary N) is 1. The smallest absolute Gasteiger partial charge is 0.259 e. The van der Waals surface area contributed by atoms with Gasteiger partial charge in [0.25, 0.3) is 5.91 Å². The summed E-state index contributed by atoms with van der Waals surface area (Å²) in [5, 5.41) is 2.97. The number of para-hydroxylation sites is 1. The molecule has 1 aliphatic rings. The Morgan fingerprint density at radius 3 is 2.55 bits per heavy atom. The van der Waals surface area contributed by atoms with E-state index in [-0.39, 0.29) is 11.8 Å². The van der Waals surface area contributed by atoms with Gasteiger partial charge in [-0.1, -0.05) is 48.5 Å². The van der Waals surface area contributed by atoms with Gasteiger partial charge in [-0.25, -0.2) is 0 Å². The summed E-state index contributed by atoms with van der Waals surface area (Å²) in [5.74, 6) is 0.399. The van der Waals surface area contributed by atoms with E-state index < -0.39 is 6.04 Å². The summed E-state index contributed by atoms with van der Waals surface area (Å²) in [4.78, 5) is 27.9. The Morgan fingerprint density at radius 2 is 1.76 bits per heavy atom. The van der Waals surface area contributed by atoms with Crippen molar-refractivity contribution in [3.8, 4) is 5.75 Å². The zero-order valence-corrected chi connectivity index (χ0v) is 16.2. The van der Waals surface area contributed by atoms with Crippen LogP contribution in [0.5, 0.6) is 5.75 Å². The number of benzene rings is 3. The molecule has 4 rings (SSSR count). The number of nitrogens with zero attached hydrogens (tertiary/aromatic N) is 1. The lowest BCUT2D eigenvalue weighted by Gasteiger charge is -2.25. The van der Waals surface area contributed by atoms with E-state index in [0.29, 0.717) is 18.5 Å². The number of hydrogen-bond donors (Lipinski definition) is 1. The van der Waals surface area contributed by atoms with Gasteiger partial charge in [0.15, 0.2) is 0 Å². The number of methoxy groups -OCH3 is 1.